The second-order valence-corrected chi connectivity index (χ2v) is 11.1. The molecule has 12 heteroatoms. The zero-order valence-electron chi connectivity index (χ0n) is 20.3. The van der Waals surface area contributed by atoms with Crippen LogP contribution in [0.3, 0.4) is 0 Å². The van der Waals surface area contributed by atoms with E-state index in [-0.39, 0.29) is 11.4 Å². The van der Waals surface area contributed by atoms with Crippen molar-refractivity contribution in [3.05, 3.63) is 24.3 Å². The van der Waals surface area contributed by atoms with Crippen molar-refractivity contribution in [2.24, 2.45) is 5.41 Å². The third-order valence-electron chi connectivity index (χ3n) is 5.48. The highest BCUT2D eigenvalue weighted by molar-refractivity contribution is 7.89. The summed E-state index contributed by atoms with van der Waals surface area (Å²) in [5.41, 5.74) is 1.27. The normalized spacial score (nSPS) is 16.2. The molecule has 0 spiro atoms. The average Bonchev–Trinajstić information content (AvgIpc) is 2.78. The van der Waals surface area contributed by atoms with Gasteiger partial charge in [-0.1, -0.05) is 20.8 Å². The first kappa shape index (κ1) is 28.0. The van der Waals surface area contributed by atoms with E-state index in [1.165, 1.54) is 24.3 Å². The van der Waals surface area contributed by atoms with Gasteiger partial charge in [0.2, 0.25) is 10.0 Å². The van der Waals surface area contributed by atoms with Gasteiger partial charge in [0, 0.05) is 31.9 Å². The van der Waals surface area contributed by atoms with Crippen molar-refractivity contribution in [1.82, 2.24) is 20.0 Å². The number of anilines is 1. The number of carbonyl (C=O) groups is 2. The largest absolute Gasteiger partial charge is 0.379 e. The van der Waals surface area contributed by atoms with Gasteiger partial charge in [0.15, 0.2) is 0 Å². The predicted octanol–water partition coefficient (Wildman–Crippen LogP) is 1.46. The molecule has 34 heavy (non-hydrogen) atoms. The molecular formula is C22H37N5O6S. The van der Waals surface area contributed by atoms with Gasteiger partial charge in [0.25, 0.3) is 5.91 Å². The Morgan fingerprint density at radius 3 is 2.32 bits per heavy atom. The molecule has 1 atom stereocenters. The summed E-state index contributed by atoms with van der Waals surface area (Å²) < 4.78 is 33.9. The number of amides is 3. The lowest BCUT2D eigenvalue weighted by Crippen LogP contribution is -2.55. The Morgan fingerprint density at radius 1 is 1.18 bits per heavy atom. The number of hydrogen-bond acceptors (Lipinski definition) is 7. The van der Waals surface area contributed by atoms with Crippen LogP contribution in [0, 0.1) is 5.41 Å². The number of urea groups is 1. The molecule has 4 N–H and O–H groups in total. The van der Waals surface area contributed by atoms with Crippen molar-refractivity contribution < 1.29 is 28.0 Å². The monoisotopic (exact) mass is 499 g/mol. The quantitative estimate of drug-likeness (QED) is 0.282. The first-order valence-electron chi connectivity index (χ1n) is 11.4. The number of sulfonamides is 1. The van der Waals surface area contributed by atoms with Gasteiger partial charge in [-0.25, -0.2) is 18.7 Å². The summed E-state index contributed by atoms with van der Waals surface area (Å²) in [7, 11) is -4.11. The van der Waals surface area contributed by atoms with E-state index in [4.69, 9.17) is 4.74 Å². The number of hydroxylamine groups is 1. The van der Waals surface area contributed by atoms with Crippen LogP contribution >= 0.6 is 0 Å². The topological polar surface area (TPSA) is 140 Å². The highest BCUT2D eigenvalue weighted by atomic mass is 32.2. The number of benzene rings is 1. The van der Waals surface area contributed by atoms with Gasteiger partial charge in [0.05, 0.1) is 18.1 Å². The van der Waals surface area contributed by atoms with Crippen molar-refractivity contribution in [3.63, 3.8) is 0 Å². The number of hydrogen-bond donors (Lipinski definition) is 4. The lowest BCUT2D eigenvalue weighted by molar-refractivity contribution is -0.136. The van der Waals surface area contributed by atoms with Crippen LogP contribution < -0.4 is 16.1 Å². The number of rotatable bonds is 10. The fraction of sp³-hybridized carbons (Fsp3) is 0.636. The predicted molar refractivity (Wildman–Crippen MR) is 128 cm³/mol. The number of ether oxygens (including phenoxy) is 1. The fourth-order valence-electron chi connectivity index (χ4n) is 3.86. The molecule has 0 bridgehead atoms. The molecule has 0 unspecified atom stereocenters. The Kier molecular flexibility index (Phi) is 10.3. The van der Waals surface area contributed by atoms with Crippen molar-refractivity contribution in [1.29, 1.82) is 0 Å². The van der Waals surface area contributed by atoms with Gasteiger partial charge in [-0.15, -0.1) is 0 Å². The lowest BCUT2D eigenvalue weighted by atomic mass is 9.86. The van der Waals surface area contributed by atoms with Gasteiger partial charge < -0.3 is 15.4 Å². The van der Waals surface area contributed by atoms with Crippen molar-refractivity contribution in [2.75, 3.05) is 51.3 Å². The molecule has 1 aromatic carbocycles. The highest BCUT2D eigenvalue weighted by Crippen LogP contribution is 2.30. The van der Waals surface area contributed by atoms with Crippen molar-refractivity contribution >= 4 is 27.6 Å². The minimum absolute atomic E-state index is 0.0136. The van der Waals surface area contributed by atoms with Gasteiger partial charge in [-0.2, -0.15) is 4.31 Å². The van der Waals surface area contributed by atoms with Crippen LogP contribution in [-0.2, 0) is 19.6 Å². The SMILES string of the molecule is CCNC(=O)Nc1ccc(S(=O)(=O)N(CCCN2CCOCC2)[C@@H](C(=O)NO)C(C)(C)C)cc1. The van der Waals surface area contributed by atoms with Crippen molar-refractivity contribution in [2.45, 2.75) is 45.1 Å². The fourth-order valence-corrected chi connectivity index (χ4v) is 5.67. The van der Waals surface area contributed by atoms with E-state index in [9.17, 15) is 23.2 Å². The Balaban J connectivity index is 2.30. The van der Waals surface area contributed by atoms with Crippen LogP contribution in [-0.4, -0.2) is 86.7 Å². The summed E-state index contributed by atoms with van der Waals surface area (Å²) in [5, 5.41) is 14.6. The van der Waals surface area contributed by atoms with E-state index >= 15 is 0 Å². The van der Waals surface area contributed by atoms with Gasteiger partial charge >= 0.3 is 6.03 Å². The zero-order valence-corrected chi connectivity index (χ0v) is 21.2. The van der Waals surface area contributed by atoms with E-state index in [2.05, 4.69) is 15.5 Å². The second kappa shape index (κ2) is 12.5. The molecule has 1 aliphatic rings. The van der Waals surface area contributed by atoms with Gasteiger partial charge in [-0.05, 0) is 49.6 Å². The van der Waals surface area contributed by atoms with E-state index in [0.717, 1.165) is 17.4 Å². The molecule has 1 aromatic rings. The van der Waals surface area contributed by atoms with Gasteiger partial charge in [0.1, 0.15) is 6.04 Å². The molecule has 1 heterocycles. The smallest absolute Gasteiger partial charge is 0.319 e. The molecule has 2 rings (SSSR count). The molecule has 0 radical (unpaired) electrons. The maximum Gasteiger partial charge on any atom is 0.319 e. The highest BCUT2D eigenvalue weighted by Gasteiger charge is 2.42. The summed E-state index contributed by atoms with van der Waals surface area (Å²) in [6, 6.07) is 4.24. The molecular weight excluding hydrogens is 462 g/mol. The van der Waals surface area contributed by atoms with Crippen LogP contribution in [0.25, 0.3) is 0 Å². The molecule has 0 aliphatic carbocycles. The first-order valence-corrected chi connectivity index (χ1v) is 12.9. The Hall–Kier alpha value is -2.25. The molecule has 1 aliphatic heterocycles. The van der Waals surface area contributed by atoms with Crippen LogP contribution in [0.2, 0.25) is 0 Å². The Bertz CT molecular complexity index is 911. The average molecular weight is 500 g/mol. The minimum atomic E-state index is -4.11. The Labute approximate surface area is 201 Å². The van der Waals surface area contributed by atoms with Crippen molar-refractivity contribution in [3.8, 4) is 0 Å². The summed E-state index contributed by atoms with van der Waals surface area (Å²) in [5.74, 6) is -0.794. The summed E-state index contributed by atoms with van der Waals surface area (Å²) in [6.07, 6.45) is 0.501. The van der Waals surface area contributed by atoms with Crippen LogP contribution in [0.1, 0.15) is 34.1 Å². The maximum absolute atomic E-state index is 13.7. The molecule has 1 saturated heterocycles. The van der Waals surface area contributed by atoms with E-state index in [0.29, 0.717) is 38.4 Å². The standard InChI is InChI=1S/C22H37N5O6S/c1-5-23-21(29)24-17-7-9-18(10-8-17)34(31,32)27(19(20(28)25-30)22(2,3)4)12-6-11-26-13-15-33-16-14-26/h7-10,19,30H,5-6,11-16H2,1-4H3,(H,25,28)(H2,23,24,29)/t19-/m0/s1. The minimum Gasteiger partial charge on any atom is -0.379 e. The number of morpholine rings is 1. The molecule has 192 valence electrons. The molecule has 0 saturated carbocycles. The molecule has 3 amide bonds. The zero-order chi connectivity index (χ0) is 25.4. The van der Waals surface area contributed by atoms with E-state index in [1.807, 2.05) is 0 Å². The third kappa shape index (κ3) is 7.64. The molecule has 11 nitrogen and oxygen atoms in total. The molecule has 1 fully saturated rings. The third-order valence-corrected chi connectivity index (χ3v) is 7.36. The Morgan fingerprint density at radius 2 is 1.79 bits per heavy atom. The summed E-state index contributed by atoms with van der Waals surface area (Å²) >= 11 is 0. The second-order valence-electron chi connectivity index (χ2n) is 9.18. The van der Waals surface area contributed by atoms with Gasteiger partial charge in [-0.3, -0.25) is 14.9 Å². The number of nitrogens with zero attached hydrogens (tertiary/aromatic N) is 2. The maximum atomic E-state index is 13.7. The lowest BCUT2D eigenvalue weighted by Gasteiger charge is -2.38. The first-order chi connectivity index (χ1) is 16.0. The molecule has 0 aromatic heterocycles. The van der Waals surface area contributed by atoms with Crippen LogP contribution in [0.15, 0.2) is 29.2 Å². The summed E-state index contributed by atoms with van der Waals surface area (Å²) in [6.45, 7) is 11.0. The van der Waals surface area contributed by atoms with E-state index in [1.54, 1.807) is 33.2 Å². The van der Waals surface area contributed by atoms with Crippen LogP contribution in [0.4, 0.5) is 10.5 Å². The number of nitrogens with one attached hydrogen (secondary N) is 3. The number of carbonyl (C=O) groups excluding carboxylic acids is 2. The summed E-state index contributed by atoms with van der Waals surface area (Å²) in [4.78, 5) is 26.5. The van der Waals surface area contributed by atoms with E-state index < -0.39 is 33.4 Å². The van der Waals surface area contributed by atoms with Crippen LogP contribution in [0.5, 0.6) is 0 Å².